The Labute approximate surface area is 134 Å². The lowest BCUT2D eigenvalue weighted by Crippen LogP contribution is -2.30. The maximum absolute atomic E-state index is 5.73. The molecule has 1 aliphatic rings. The fraction of sp³-hybridized carbons (Fsp3) is 0.778. The second-order valence-corrected chi connectivity index (χ2v) is 7.22. The summed E-state index contributed by atoms with van der Waals surface area (Å²) in [5.74, 6) is 0. The number of thiophene rings is 1. The Morgan fingerprint density at radius 3 is 3.00 bits per heavy atom. The number of aryl methyl sites for hydroxylation is 1. The van der Waals surface area contributed by atoms with Crippen molar-refractivity contribution in [3.63, 3.8) is 0 Å². The molecule has 2 atom stereocenters. The zero-order valence-electron chi connectivity index (χ0n) is 13.5. The highest BCUT2D eigenvalue weighted by Gasteiger charge is 2.16. The van der Waals surface area contributed by atoms with Gasteiger partial charge in [0.1, 0.15) is 0 Å². The second-order valence-electron chi connectivity index (χ2n) is 6.19. The molecular formula is C18H31NOS. The molecular weight excluding hydrogens is 278 g/mol. The molecule has 2 nitrogen and oxygen atoms in total. The van der Waals surface area contributed by atoms with Crippen LogP contribution < -0.4 is 5.32 Å². The molecule has 1 aromatic rings. The monoisotopic (exact) mass is 309 g/mol. The van der Waals surface area contributed by atoms with Gasteiger partial charge in [0.05, 0.1) is 6.10 Å². The van der Waals surface area contributed by atoms with Crippen LogP contribution in [0.4, 0.5) is 0 Å². The van der Waals surface area contributed by atoms with Crippen molar-refractivity contribution in [3.8, 4) is 0 Å². The first-order valence-corrected chi connectivity index (χ1v) is 9.64. The Bertz CT molecular complexity index is 346. The average molecular weight is 310 g/mol. The van der Waals surface area contributed by atoms with Gasteiger partial charge in [0.15, 0.2) is 0 Å². The number of hydrogen-bond acceptors (Lipinski definition) is 3. The van der Waals surface area contributed by atoms with Crippen molar-refractivity contribution in [2.45, 2.75) is 76.9 Å². The van der Waals surface area contributed by atoms with E-state index in [1.165, 1.54) is 62.7 Å². The lowest BCUT2D eigenvalue weighted by atomic mass is 10.0. The van der Waals surface area contributed by atoms with Gasteiger partial charge in [-0.05, 0) is 75.8 Å². The number of ether oxygens (including phenoxy) is 1. The summed E-state index contributed by atoms with van der Waals surface area (Å²) in [6.07, 6.45) is 12.1. The molecule has 1 fully saturated rings. The van der Waals surface area contributed by atoms with Gasteiger partial charge in [-0.2, -0.15) is 0 Å². The van der Waals surface area contributed by atoms with Crippen LogP contribution in [0.15, 0.2) is 17.5 Å². The number of hydrogen-bond donors (Lipinski definition) is 1. The van der Waals surface area contributed by atoms with Crippen LogP contribution in [0.25, 0.3) is 0 Å². The SMILES string of the molecule is CCCNC(CCCc1cccs1)CCCC1CCCO1. The van der Waals surface area contributed by atoms with Crippen LogP contribution in [0.1, 0.15) is 63.2 Å². The van der Waals surface area contributed by atoms with Crippen LogP contribution >= 0.6 is 11.3 Å². The van der Waals surface area contributed by atoms with Crippen LogP contribution in [-0.2, 0) is 11.2 Å². The Balaban J connectivity index is 1.61. The smallest absolute Gasteiger partial charge is 0.0576 e. The van der Waals surface area contributed by atoms with Crippen molar-refractivity contribution >= 4 is 11.3 Å². The molecule has 0 aromatic carbocycles. The minimum absolute atomic E-state index is 0.558. The van der Waals surface area contributed by atoms with Gasteiger partial charge in [0.25, 0.3) is 0 Å². The Hall–Kier alpha value is -0.380. The summed E-state index contributed by atoms with van der Waals surface area (Å²) in [5.41, 5.74) is 0. The van der Waals surface area contributed by atoms with E-state index in [9.17, 15) is 0 Å². The highest BCUT2D eigenvalue weighted by atomic mass is 32.1. The van der Waals surface area contributed by atoms with Gasteiger partial charge in [0, 0.05) is 17.5 Å². The standard InChI is InChI=1S/C18H31NOS/c1-2-13-19-16(7-3-9-17-10-5-14-20-17)8-4-11-18-12-6-15-21-18/h6,12,15-17,19H,2-5,7-11,13-14H2,1H3. The van der Waals surface area contributed by atoms with E-state index < -0.39 is 0 Å². The maximum Gasteiger partial charge on any atom is 0.0576 e. The first-order valence-electron chi connectivity index (χ1n) is 8.76. The molecule has 120 valence electrons. The molecule has 1 aromatic heterocycles. The van der Waals surface area contributed by atoms with E-state index >= 15 is 0 Å². The lowest BCUT2D eigenvalue weighted by molar-refractivity contribution is 0.101. The van der Waals surface area contributed by atoms with E-state index in [1.807, 2.05) is 11.3 Å². The van der Waals surface area contributed by atoms with Crippen molar-refractivity contribution in [2.24, 2.45) is 0 Å². The molecule has 1 saturated heterocycles. The summed E-state index contributed by atoms with van der Waals surface area (Å²) in [5, 5.41) is 5.92. The summed E-state index contributed by atoms with van der Waals surface area (Å²) >= 11 is 1.89. The molecule has 3 heteroatoms. The third kappa shape index (κ3) is 6.94. The van der Waals surface area contributed by atoms with E-state index in [1.54, 1.807) is 0 Å². The molecule has 0 spiro atoms. The van der Waals surface area contributed by atoms with Crippen molar-refractivity contribution < 1.29 is 4.74 Å². The highest BCUT2D eigenvalue weighted by Crippen LogP contribution is 2.19. The third-order valence-electron chi connectivity index (χ3n) is 4.34. The molecule has 1 aliphatic heterocycles. The van der Waals surface area contributed by atoms with E-state index in [0.717, 1.165) is 13.2 Å². The fourth-order valence-electron chi connectivity index (χ4n) is 3.14. The van der Waals surface area contributed by atoms with E-state index in [-0.39, 0.29) is 0 Å². The van der Waals surface area contributed by atoms with Gasteiger partial charge in [0.2, 0.25) is 0 Å². The Morgan fingerprint density at radius 1 is 1.38 bits per heavy atom. The van der Waals surface area contributed by atoms with Gasteiger partial charge in [-0.15, -0.1) is 11.3 Å². The van der Waals surface area contributed by atoms with Crippen LogP contribution in [0.3, 0.4) is 0 Å². The first-order chi connectivity index (χ1) is 10.4. The molecule has 0 aliphatic carbocycles. The van der Waals surface area contributed by atoms with Gasteiger partial charge >= 0.3 is 0 Å². The fourth-order valence-corrected chi connectivity index (χ4v) is 3.89. The van der Waals surface area contributed by atoms with Crippen molar-refractivity contribution in [3.05, 3.63) is 22.4 Å². The zero-order chi connectivity index (χ0) is 14.8. The molecule has 0 bridgehead atoms. The summed E-state index contributed by atoms with van der Waals surface area (Å²) < 4.78 is 5.73. The van der Waals surface area contributed by atoms with Crippen LogP contribution in [0.5, 0.6) is 0 Å². The number of rotatable bonds is 11. The Morgan fingerprint density at radius 2 is 2.29 bits per heavy atom. The van der Waals surface area contributed by atoms with E-state index in [4.69, 9.17) is 4.74 Å². The minimum atomic E-state index is 0.558. The van der Waals surface area contributed by atoms with Gasteiger partial charge < -0.3 is 10.1 Å². The molecule has 0 amide bonds. The molecule has 0 radical (unpaired) electrons. The normalized spacial score (nSPS) is 20.0. The second kappa shape index (κ2) is 10.4. The van der Waals surface area contributed by atoms with Crippen molar-refractivity contribution in [1.29, 1.82) is 0 Å². The van der Waals surface area contributed by atoms with Crippen LogP contribution in [0, 0.1) is 0 Å². The average Bonchev–Trinajstić information content (AvgIpc) is 3.17. The zero-order valence-corrected chi connectivity index (χ0v) is 14.3. The van der Waals surface area contributed by atoms with Crippen molar-refractivity contribution in [2.75, 3.05) is 13.2 Å². The van der Waals surface area contributed by atoms with E-state index in [0.29, 0.717) is 12.1 Å². The summed E-state index contributed by atoms with van der Waals surface area (Å²) in [6, 6.07) is 5.12. The van der Waals surface area contributed by atoms with Crippen molar-refractivity contribution in [1.82, 2.24) is 5.32 Å². The van der Waals surface area contributed by atoms with Gasteiger partial charge in [-0.1, -0.05) is 13.0 Å². The maximum atomic E-state index is 5.73. The predicted octanol–water partition coefficient (Wildman–Crippen LogP) is 4.79. The highest BCUT2D eigenvalue weighted by molar-refractivity contribution is 7.09. The summed E-state index contributed by atoms with van der Waals surface area (Å²) in [4.78, 5) is 1.53. The Kier molecular flexibility index (Phi) is 8.38. The molecule has 0 saturated carbocycles. The van der Waals surface area contributed by atoms with Gasteiger partial charge in [-0.3, -0.25) is 0 Å². The minimum Gasteiger partial charge on any atom is -0.378 e. The lowest BCUT2D eigenvalue weighted by Gasteiger charge is -2.19. The third-order valence-corrected chi connectivity index (χ3v) is 5.28. The van der Waals surface area contributed by atoms with Gasteiger partial charge in [-0.25, -0.2) is 0 Å². The topological polar surface area (TPSA) is 21.3 Å². The van der Waals surface area contributed by atoms with Crippen LogP contribution in [0.2, 0.25) is 0 Å². The molecule has 2 rings (SSSR count). The van der Waals surface area contributed by atoms with Crippen LogP contribution in [-0.4, -0.2) is 25.3 Å². The first kappa shape index (κ1) is 17.0. The number of nitrogens with one attached hydrogen (secondary N) is 1. The summed E-state index contributed by atoms with van der Waals surface area (Å²) in [7, 11) is 0. The molecule has 1 N–H and O–H groups in total. The molecule has 2 heterocycles. The van der Waals surface area contributed by atoms with E-state index in [2.05, 4.69) is 29.8 Å². The molecule has 21 heavy (non-hydrogen) atoms. The largest absolute Gasteiger partial charge is 0.378 e. The quantitative estimate of drug-likeness (QED) is 0.634. The predicted molar refractivity (Wildman–Crippen MR) is 92.2 cm³/mol. The summed E-state index contributed by atoms with van der Waals surface area (Å²) in [6.45, 7) is 4.40. The molecule has 2 unspecified atom stereocenters.